The van der Waals surface area contributed by atoms with E-state index in [2.05, 4.69) is 10.3 Å². The topological polar surface area (TPSA) is 62.3 Å². The van der Waals surface area contributed by atoms with Crippen LogP contribution in [0.3, 0.4) is 0 Å². The van der Waals surface area contributed by atoms with Crippen molar-refractivity contribution in [2.75, 3.05) is 18.4 Å². The van der Waals surface area contributed by atoms with Crippen molar-refractivity contribution in [3.63, 3.8) is 0 Å². The maximum absolute atomic E-state index is 12.3. The summed E-state index contributed by atoms with van der Waals surface area (Å²) in [4.78, 5) is 31.0. The fraction of sp³-hybridized carbons (Fsp3) is 0.227. The molecule has 2 amide bonds. The van der Waals surface area contributed by atoms with E-state index < -0.39 is 0 Å². The maximum atomic E-state index is 12.3. The van der Waals surface area contributed by atoms with Gasteiger partial charge in [0, 0.05) is 35.3 Å². The molecular formula is C22H23N3O2S. The molecule has 28 heavy (non-hydrogen) atoms. The quantitative estimate of drug-likeness (QED) is 0.644. The Bertz CT molecular complexity index is 932. The minimum absolute atomic E-state index is 0.00112. The number of nitrogens with zero attached hydrogens (tertiary/aromatic N) is 2. The Hall–Kier alpha value is -2.99. The SMILES string of the molecule is CCN(CC)C(=O)c1ccc(NC(=O)Cc2csc(-c3ccccc3)n2)cc1. The number of rotatable bonds is 7. The largest absolute Gasteiger partial charge is 0.339 e. The molecule has 1 heterocycles. The van der Waals surface area contributed by atoms with Crippen molar-refractivity contribution >= 4 is 28.8 Å². The van der Waals surface area contributed by atoms with Gasteiger partial charge in [0.05, 0.1) is 12.1 Å². The summed E-state index contributed by atoms with van der Waals surface area (Å²) in [6, 6.07) is 16.9. The molecule has 0 aliphatic carbocycles. The first-order valence-corrected chi connectivity index (χ1v) is 10.2. The number of benzene rings is 2. The van der Waals surface area contributed by atoms with Crippen LogP contribution in [0.1, 0.15) is 29.9 Å². The molecule has 2 aromatic carbocycles. The monoisotopic (exact) mass is 393 g/mol. The van der Waals surface area contributed by atoms with Gasteiger partial charge < -0.3 is 10.2 Å². The molecule has 0 bridgehead atoms. The minimum Gasteiger partial charge on any atom is -0.339 e. The number of carbonyl (C=O) groups excluding carboxylic acids is 2. The van der Waals surface area contributed by atoms with E-state index in [9.17, 15) is 9.59 Å². The van der Waals surface area contributed by atoms with Crippen LogP contribution in [0.5, 0.6) is 0 Å². The molecule has 3 aromatic rings. The molecule has 3 rings (SSSR count). The summed E-state index contributed by atoms with van der Waals surface area (Å²) >= 11 is 1.53. The van der Waals surface area contributed by atoms with Crippen molar-refractivity contribution in [2.45, 2.75) is 20.3 Å². The molecule has 1 aromatic heterocycles. The van der Waals surface area contributed by atoms with Gasteiger partial charge in [0.25, 0.3) is 5.91 Å². The number of thiazole rings is 1. The van der Waals surface area contributed by atoms with Crippen molar-refractivity contribution in [3.05, 3.63) is 71.2 Å². The number of hydrogen-bond donors (Lipinski definition) is 1. The molecule has 0 saturated heterocycles. The lowest BCUT2D eigenvalue weighted by molar-refractivity contribution is -0.115. The molecule has 0 radical (unpaired) electrons. The van der Waals surface area contributed by atoms with E-state index in [1.807, 2.05) is 49.6 Å². The predicted molar refractivity (Wildman–Crippen MR) is 114 cm³/mol. The Morgan fingerprint density at radius 1 is 1.00 bits per heavy atom. The van der Waals surface area contributed by atoms with Gasteiger partial charge in [-0.1, -0.05) is 30.3 Å². The lowest BCUT2D eigenvalue weighted by Crippen LogP contribution is -2.30. The predicted octanol–water partition coefficient (Wildman–Crippen LogP) is 4.47. The molecular weight excluding hydrogens is 370 g/mol. The number of carbonyl (C=O) groups is 2. The Morgan fingerprint density at radius 2 is 1.68 bits per heavy atom. The summed E-state index contributed by atoms with van der Waals surface area (Å²) < 4.78 is 0. The molecule has 1 N–H and O–H groups in total. The highest BCUT2D eigenvalue weighted by molar-refractivity contribution is 7.13. The summed E-state index contributed by atoms with van der Waals surface area (Å²) in [6.07, 6.45) is 0.212. The summed E-state index contributed by atoms with van der Waals surface area (Å²) in [7, 11) is 0. The Morgan fingerprint density at radius 3 is 2.32 bits per heavy atom. The van der Waals surface area contributed by atoms with E-state index in [1.165, 1.54) is 11.3 Å². The molecule has 0 unspecified atom stereocenters. The van der Waals surface area contributed by atoms with Gasteiger partial charge >= 0.3 is 0 Å². The zero-order valence-corrected chi connectivity index (χ0v) is 16.8. The Kier molecular flexibility index (Phi) is 6.55. The molecule has 0 saturated carbocycles. The van der Waals surface area contributed by atoms with Gasteiger partial charge in [0.15, 0.2) is 0 Å². The average molecular weight is 394 g/mol. The van der Waals surface area contributed by atoms with Gasteiger partial charge in [-0.3, -0.25) is 9.59 Å². The highest BCUT2D eigenvalue weighted by Crippen LogP contribution is 2.23. The number of aromatic nitrogens is 1. The fourth-order valence-electron chi connectivity index (χ4n) is 2.86. The third-order valence-electron chi connectivity index (χ3n) is 4.38. The van der Waals surface area contributed by atoms with Crippen molar-refractivity contribution in [2.24, 2.45) is 0 Å². The Labute approximate surface area is 169 Å². The van der Waals surface area contributed by atoms with Gasteiger partial charge in [-0.05, 0) is 38.1 Å². The number of amides is 2. The molecule has 0 aliphatic heterocycles. The van der Waals surface area contributed by atoms with E-state index in [4.69, 9.17) is 0 Å². The van der Waals surface area contributed by atoms with Crippen molar-refractivity contribution in [1.29, 1.82) is 0 Å². The maximum Gasteiger partial charge on any atom is 0.253 e. The van der Waals surface area contributed by atoms with Crippen LogP contribution in [0.2, 0.25) is 0 Å². The zero-order valence-electron chi connectivity index (χ0n) is 16.0. The normalized spacial score (nSPS) is 10.5. The van der Waals surface area contributed by atoms with Gasteiger partial charge in [0.1, 0.15) is 5.01 Å². The lowest BCUT2D eigenvalue weighted by atomic mass is 10.1. The van der Waals surface area contributed by atoms with E-state index in [0.29, 0.717) is 24.3 Å². The molecule has 0 aliphatic rings. The molecule has 6 heteroatoms. The summed E-state index contributed by atoms with van der Waals surface area (Å²) in [5.74, 6) is -0.133. The van der Waals surface area contributed by atoms with Crippen LogP contribution < -0.4 is 5.32 Å². The van der Waals surface area contributed by atoms with Crippen molar-refractivity contribution < 1.29 is 9.59 Å². The van der Waals surface area contributed by atoms with Crippen LogP contribution >= 0.6 is 11.3 Å². The smallest absolute Gasteiger partial charge is 0.253 e. The second kappa shape index (κ2) is 9.28. The van der Waals surface area contributed by atoms with E-state index in [-0.39, 0.29) is 18.2 Å². The van der Waals surface area contributed by atoms with Gasteiger partial charge in [-0.15, -0.1) is 11.3 Å². The van der Waals surface area contributed by atoms with Crippen molar-refractivity contribution in [1.82, 2.24) is 9.88 Å². The first-order chi connectivity index (χ1) is 13.6. The molecule has 0 spiro atoms. The van der Waals surface area contributed by atoms with Crippen LogP contribution in [0.15, 0.2) is 60.0 Å². The standard InChI is InChI=1S/C22H23N3O2S/c1-3-25(4-2)22(27)17-10-12-18(13-11-17)23-20(26)14-19-15-28-21(24-19)16-8-6-5-7-9-16/h5-13,15H,3-4,14H2,1-2H3,(H,23,26). The Balaban J connectivity index is 1.59. The third-order valence-corrected chi connectivity index (χ3v) is 5.32. The number of nitrogens with one attached hydrogen (secondary N) is 1. The van der Waals surface area contributed by atoms with E-state index in [0.717, 1.165) is 16.3 Å². The van der Waals surface area contributed by atoms with Gasteiger partial charge in [-0.25, -0.2) is 4.98 Å². The zero-order chi connectivity index (χ0) is 19.9. The third kappa shape index (κ3) is 4.84. The van der Waals surface area contributed by atoms with E-state index in [1.54, 1.807) is 29.2 Å². The highest BCUT2D eigenvalue weighted by atomic mass is 32.1. The van der Waals surface area contributed by atoms with Crippen LogP contribution in [0.25, 0.3) is 10.6 Å². The van der Waals surface area contributed by atoms with Gasteiger partial charge in [-0.2, -0.15) is 0 Å². The average Bonchev–Trinajstić information content (AvgIpc) is 3.18. The minimum atomic E-state index is -0.132. The lowest BCUT2D eigenvalue weighted by Gasteiger charge is -2.18. The van der Waals surface area contributed by atoms with E-state index >= 15 is 0 Å². The summed E-state index contributed by atoms with van der Waals surface area (Å²) in [5.41, 5.74) is 3.08. The molecule has 5 nitrogen and oxygen atoms in total. The van der Waals surface area contributed by atoms with Crippen LogP contribution in [0.4, 0.5) is 5.69 Å². The van der Waals surface area contributed by atoms with Crippen LogP contribution in [-0.2, 0) is 11.2 Å². The summed E-state index contributed by atoms with van der Waals surface area (Å²) in [5, 5.41) is 5.68. The molecule has 144 valence electrons. The van der Waals surface area contributed by atoms with Crippen molar-refractivity contribution in [3.8, 4) is 10.6 Å². The fourth-order valence-corrected chi connectivity index (χ4v) is 3.69. The number of anilines is 1. The number of hydrogen-bond acceptors (Lipinski definition) is 4. The highest BCUT2D eigenvalue weighted by Gasteiger charge is 2.13. The first-order valence-electron chi connectivity index (χ1n) is 9.29. The molecule has 0 fully saturated rings. The second-order valence-electron chi connectivity index (χ2n) is 6.29. The van der Waals surface area contributed by atoms with Crippen LogP contribution in [-0.4, -0.2) is 34.8 Å². The van der Waals surface area contributed by atoms with Gasteiger partial charge in [0.2, 0.25) is 5.91 Å². The second-order valence-corrected chi connectivity index (χ2v) is 7.15. The summed E-state index contributed by atoms with van der Waals surface area (Å²) in [6.45, 7) is 5.26. The molecule has 0 atom stereocenters. The first kappa shape index (κ1) is 19.8. The van der Waals surface area contributed by atoms with Crippen LogP contribution in [0, 0.1) is 0 Å².